The third-order valence-electron chi connectivity index (χ3n) is 9.31. The molecule has 2 heterocycles. The maximum atomic E-state index is 12.1. The number of hydrogen-bond acceptors (Lipinski definition) is 11. The Kier molecular flexibility index (Phi) is 16.9. The number of benzene rings is 4. The first-order chi connectivity index (χ1) is 27.7. The molecule has 2 N–H and O–H groups in total. The summed E-state index contributed by atoms with van der Waals surface area (Å²) in [5.74, 6) is 2.59. The van der Waals surface area contributed by atoms with Crippen molar-refractivity contribution >= 4 is 8.25 Å². The number of hydrogen-bond donors (Lipinski definition) is 2. The summed E-state index contributed by atoms with van der Waals surface area (Å²) in [4.78, 5) is 9.16. The highest BCUT2D eigenvalue weighted by Crippen LogP contribution is 2.24. The molecule has 0 saturated carbocycles. The van der Waals surface area contributed by atoms with E-state index in [1.807, 2.05) is 36.4 Å². The molecule has 6 rings (SSSR count). The van der Waals surface area contributed by atoms with Crippen LogP contribution in [0.3, 0.4) is 0 Å². The minimum absolute atomic E-state index is 0.363. The summed E-state index contributed by atoms with van der Waals surface area (Å²) in [7, 11) is -2.13. The third-order valence-corrected chi connectivity index (χ3v) is 10.1. The molecular weight excluding hydrogens is 723 g/mol. The van der Waals surface area contributed by atoms with Crippen LogP contribution < -0.4 is 10.6 Å². The van der Waals surface area contributed by atoms with E-state index in [1.165, 1.54) is 11.1 Å². The lowest BCUT2D eigenvalue weighted by atomic mass is 10.1. The Morgan fingerprint density at radius 2 is 0.893 bits per heavy atom. The Morgan fingerprint density at radius 3 is 1.32 bits per heavy atom. The molecule has 11 nitrogen and oxygen atoms in total. The Balaban J connectivity index is 0.748. The molecule has 0 spiro atoms. The van der Waals surface area contributed by atoms with E-state index in [0.29, 0.717) is 36.6 Å². The Morgan fingerprint density at radius 1 is 0.482 bits per heavy atom. The largest absolute Gasteiger partial charge is 0.697 e. The Bertz CT molecular complexity index is 1850. The normalized spacial score (nSPS) is 11.3. The van der Waals surface area contributed by atoms with Crippen molar-refractivity contribution in [2.75, 3.05) is 26.3 Å². The predicted octanol–water partition coefficient (Wildman–Crippen LogP) is 9.27. The molecule has 0 aliphatic carbocycles. The van der Waals surface area contributed by atoms with Crippen molar-refractivity contribution in [3.63, 3.8) is 0 Å². The lowest BCUT2D eigenvalue weighted by Crippen LogP contribution is -2.16. The fraction of sp³-hybridized carbons (Fsp3) is 0.364. The second-order valence-electron chi connectivity index (χ2n) is 13.8. The number of nitrogens with zero attached hydrogens (tertiary/aromatic N) is 4. The number of rotatable bonds is 26. The highest BCUT2D eigenvalue weighted by Gasteiger charge is 2.19. The Labute approximate surface area is 330 Å². The number of aryl methyl sites for hydroxylation is 4. The fourth-order valence-electron chi connectivity index (χ4n) is 6.17. The van der Waals surface area contributed by atoms with Crippen LogP contribution in [0.4, 0.5) is 0 Å². The van der Waals surface area contributed by atoms with Crippen LogP contribution in [0.2, 0.25) is 0 Å². The highest BCUT2D eigenvalue weighted by atomic mass is 31.1. The second kappa shape index (κ2) is 23.2. The van der Waals surface area contributed by atoms with Crippen molar-refractivity contribution in [3.05, 3.63) is 143 Å². The zero-order valence-electron chi connectivity index (χ0n) is 32.0. The van der Waals surface area contributed by atoms with E-state index in [0.717, 1.165) is 113 Å². The standard InChI is InChI=1S/C44H52N6O5P/c51-56(52-31-11-29-45-33-37-21-25-39(26-22-37)43-47-41(54-49-43)19-9-7-17-35-13-3-1-4-14-35)53-32-12-30-46-34-38-23-27-40(28-24-38)44-48-42(55-50-44)20-10-8-18-36-15-5-2-6-16-36/h1-6,13-16,21-28,45-46H,7-12,17-20,29-34H2/q+1. The molecule has 0 amide bonds. The van der Waals surface area contributed by atoms with Crippen LogP contribution in [-0.4, -0.2) is 46.6 Å². The monoisotopic (exact) mass is 775 g/mol. The highest BCUT2D eigenvalue weighted by molar-refractivity contribution is 7.33. The molecular formula is C44H52N6O5P+. The van der Waals surface area contributed by atoms with Crippen molar-refractivity contribution in [1.29, 1.82) is 0 Å². The molecule has 0 radical (unpaired) electrons. The average molecular weight is 776 g/mol. The first kappa shape index (κ1) is 40.8. The van der Waals surface area contributed by atoms with Crippen LogP contribution in [0.1, 0.15) is 72.6 Å². The molecule has 0 saturated heterocycles. The minimum Gasteiger partial charge on any atom is -0.339 e. The first-order valence-electron chi connectivity index (χ1n) is 19.7. The van der Waals surface area contributed by atoms with Gasteiger partial charge in [-0.1, -0.05) is 120 Å². The number of aromatic nitrogens is 4. The summed E-state index contributed by atoms with van der Waals surface area (Å²) in [5.41, 5.74) is 6.88. The zero-order valence-corrected chi connectivity index (χ0v) is 32.9. The summed E-state index contributed by atoms with van der Waals surface area (Å²) >= 11 is 0. The van der Waals surface area contributed by atoms with E-state index in [1.54, 1.807) is 0 Å². The first-order valence-corrected chi connectivity index (χ1v) is 20.8. The lowest BCUT2D eigenvalue weighted by molar-refractivity contribution is 0.220. The summed E-state index contributed by atoms with van der Waals surface area (Å²) in [6.07, 6.45) is 9.31. The predicted molar refractivity (Wildman–Crippen MR) is 218 cm³/mol. The zero-order chi connectivity index (χ0) is 38.5. The lowest BCUT2D eigenvalue weighted by Gasteiger charge is -2.04. The third kappa shape index (κ3) is 14.3. The van der Waals surface area contributed by atoms with E-state index in [9.17, 15) is 4.57 Å². The summed E-state index contributed by atoms with van der Waals surface area (Å²) in [5, 5.41) is 15.1. The van der Waals surface area contributed by atoms with Gasteiger partial charge in [0, 0.05) is 41.6 Å². The number of nitrogens with one attached hydrogen (secondary N) is 2. The van der Waals surface area contributed by atoms with Crippen LogP contribution >= 0.6 is 8.25 Å². The van der Waals surface area contributed by atoms with Gasteiger partial charge in [0.05, 0.1) is 0 Å². The summed E-state index contributed by atoms with van der Waals surface area (Å²) in [6.45, 7) is 3.63. The molecule has 292 valence electrons. The molecule has 2 aromatic heterocycles. The van der Waals surface area contributed by atoms with Gasteiger partial charge in [0.2, 0.25) is 23.4 Å². The fourth-order valence-corrected chi connectivity index (χ4v) is 6.80. The van der Waals surface area contributed by atoms with Crippen molar-refractivity contribution in [2.24, 2.45) is 0 Å². The van der Waals surface area contributed by atoms with Gasteiger partial charge < -0.3 is 19.7 Å². The quantitative estimate of drug-likeness (QED) is 0.0403. The van der Waals surface area contributed by atoms with Crippen molar-refractivity contribution in [1.82, 2.24) is 30.9 Å². The summed E-state index contributed by atoms with van der Waals surface area (Å²) in [6, 6.07) is 37.3. The van der Waals surface area contributed by atoms with Crippen LogP contribution in [0.25, 0.3) is 22.8 Å². The second-order valence-corrected chi connectivity index (χ2v) is 14.7. The van der Waals surface area contributed by atoms with Crippen molar-refractivity contribution < 1.29 is 22.7 Å². The molecule has 0 fully saturated rings. The topological polar surface area (TPSA) is 137 Å². The van der Waals surface area contributed by atoms with Crippen molar-refractivity contribution in [3.8, 4) is 22.8 Å². The van der Waals surface area contributed by atoms with Gasteiger partial charge in [-0.3, -0.25) is 0 Å². The summed E-state index contributed by atoms with van der Waals surface area (Å²) < 4.78 is 33.8. The van der Waals surface area contributed by atoms with Crippen LogP contribution in [0.15, 0.2) is 118 Å². The molecule has 0 aliphatic heterocycles. The maximum absolute atomic E-state index is 12.1. The molecule has 6 aromatic rings. The van der Waals surface area contributed by atoms with Gasteiger partial charge in [-0.05, 0) is 86.7 Å². The minimum atomic E-state index is -2.13. The average Bonchev–Trinajstić information content (AvgIpc) is 3.93. The van der Waals surface area contributed by atoms with E-state index < -0.39 is 8.25 Å². The van der Waals surface area contributed by atoms with E-state index in [-0.39, 0.29) is 0 Å². The van der Waals surface area contributed by atoms with Crippen molar-refractivity contribution in [2.45, 2.75) is 77.3 Å². The van der Waals surface area contributed by atoms with Gasteiger partial charge in [-0.25, -0.2) is 0 Å². The Hall–Kier alpha value is -4.90. The van der Waals surface area contributed by atoms with Crippen LogP contribution in [0.5, 0.6) is 0 Å². The van der Waals surface area contributed by atoms with Gasteiger partial charge in [-0.2, -0.15) is 9.97 Å². The van der Waals surface area contributed by atoms with E-state index in [2.05, 4.69) is 104 Å². The molecule has 0 aliphatic rings. The molecule has 0 bridgehead atoms. The van der Waals surface area contributed by atoms with Crippen LogP contribution in [-0.2, 0) is 52.4 Å². The van der Waals surface area contributed by atoms with E-state index in [4.69, 9.17) is 18.1 Å². The van der Waals surface area contributed by atoms with Gasteiger partial charge in [0.15, 0.2) is 0 Å². The van der Waals surface area contributed by atoms with Gasteiger partial charge in [0.1, 0.15) is 13.2 Å². The van der Waals surface area contributed by atoms with Gasteiger partial charge in [0.25, 0.3) is 0 Å². The molecule has 0 atom stereocenters. The van der Waals surface area contributed by atoms with Crippen LogP contribution in [0, 0.1) is 0 Å². The SMILES string of the molecule is O=[P+](OCCCNCc1ccc(-c2noc(CCCCc3ccccc3)n2)cc1)OCCCNCc1ccc(-c2noc(CCCCc3ccccc3)n2)cc1. The molecule has 0 unspecified atom stereocenters. The maximum Gasteiger partial charge on any atom is 0.697 e. The van der Waals surface area contributed by atoms with E-state index >= 15 is 0 Å². The number of unbranched alkanes of at least 4 members (excludes halogenated alkanes) is 2. The van der Waals surface area contributed by atoms with Gasteiger partial charge >= 0.3 is 8.25 Å². The smallest absolute Gasteiger partial charge is 0.339 e. The molecule has 56 heavy (non-hydrogen) atoms. The van der Waals surface area contributed by atoms with Gasteiger partial charge in [-0.15, -0.1) is 9.05 Å². The molecule has 4 aromatic carbocycles. The molecule has 12 heteroatoms.